The van der Waals surface area contributed by atoms with Crippen molar-refractivity contribution in [2.24, 2.45) is 0 Å². The third-order valence-electron chi connectivity index (χ3n) is 0. The van der Waals surface area contributed by atoms with Gasteiger partial charge in [-0.05, 0) is 0 Å². The third kappa shape index (κ3) is 50.1. The molecule has 0 fully saturated rings. The van der Waals surface area contributed by atoms with Gasteiger partial charge in [0.1, 0.15) is 0 Å². The van der Waals surface area contributed by atoms with E-state index < -0.39 is 0 Å². The molecule has 0 saturated carbocycles. The van der Waals surface area contributed by atoms with Crippen molar-refractivity contribution in [2.45, 2.75) is 0 Å². The molecular formula is HCl6KPt. The maximum Gasteiger partial charge on any atom is 4.00 e. The Kier molecular flexibility index (Phi) is 758. The molecule has 0 rings (SSSR count). The Labute approximate surface area is 144 Å². The van der Waals surface area contributed by atoms with Crippen LogP contribution in [0, 0.1) is 0 Å². The summed E-state index contributed by atoms with van der Waals surface area (Å²) in [4.78, 5) is 0. The summed E-state index contributed by atoms with van der Waals surface area (Å²) in [6.07, 6.45) is 0. The number of halogens is 6. The summed E-state index contributed by atoms with van der Waals surface area (Å²) in [5.41, 5.74) is 0. The van der Waals surface area contributed by atoms with Crippen molar-refractivity contribution >= 4 is 12.4 Å². The Hall–Kier alpha value is 4.06. The minimum absolute atomic E-state index is 0. The smallest absolute Gasteiger partial charge is 1.00 e. The normalized spacial score (nSPS) is 0. The maximum absolute atomic E-state index is 0. The molecule has 0 aromatic rings. The van der Waals surface area contributed by atoms with Gasteiger partial charge in [0.2, 0.25) is 0 Å². The molecule has 54 valence electrons. The summed E-state index contributed by atoms with van der Waals surface area (Å²) in [5, 5.41) is 0. The summed E-state index contributed by atoms with van der Waals surface area (Å²) in [7, 11) is 0. The predicted molar refractivity (Wildman–Crippen MR) is 7.25 cm³/mol. The fraction of sp³-hybridized carbons (Fsp3) is 0. The van der Waals surface area contributed by atoms with Gasteiger partial charge in [-0.15, -0.1) is 12.4 Å². The van der Waals surface area contributed by atoms with Gasteiger partial charge in [-0.25, -0.2) is 0 Å². The van der Waals surface area contributed by atoms with Crippen molar-refractivity contribution in [1.29, 1.82) is 0 Å². The topological polar surface area (TPSA) is 0 Å². The van der Waals surface area contributed by atoms with E-state index >= 15 is 0 Å². The van der Waals surface area contributed by atoms with Crippen molar-refractivity contribution < 1.29 is 134 Å². The van der Waals surface area contributed by atoms with Gasteiger partial charge in [-0.3, -0.25) is 0 Å². The number of hydrogen-bond donors (Lipinski definition) is 0. The van der Waals surface area contributed by atoms with Crippen LogP contribution in [-0.4, -0.2) is 0 Å². The second-order valence-electron chi connectivity index (χ2n) is 0. The van der Waals surface area contributed by atoms with Crippen LogP contribution in [0.25, 0.3) is 0 Å². The second kappa shape index (κ2) is 67.8. The first-order chi connectivity index (χ1) is 0. The summed E-state index contributed by atoms with van der Waals surface area (Å²) in [6, 6.07) is 0. The van der Waals surface area contributed by atoms with Crippen LogP contribution < -0.4 is 113 Å². The van der Waals surface area contributed by atoms with Gasteiger partial charge >= 0.3 is 72.4 Å². The molecule has 0 nitrogen and oxygen atoms in total. The monoisotopic (exact) mass is 445 g/mol. The Morgan fingerprint density at radius 3 is 0.500 bits per heavy atom. The van der Waals surface area contributed by atoms with Gasteiger partial charge < -0.3 is 62.0 Å². The molecule has 0 amide bonds. The average molecular weight is 448 g/mol. The van der Waals surface area contributed by atoms with Crippen LogP contribution in [0.3, 0.4) is 0 Å². The van der Waals surface area contributed by atoms with E-state index in [1.165, 1.54) is 0 Å². The molecule has 0 aromatic carbocycles. The molecule has 0 aliphatic rings. The van der Waals surface area contributed by atoms with Gasteiger partial charge in [0.05, 0.1) is 0 Å². The van der Waals surface area contributed by atoms with Gasteiger partial charge in [-0.1, -0.05) is 0 Å². The first-order valence-corrected chi connectivity index (χ1v) is 0. The predicted octanol–water partition coefficient (Wildman–Crippen LogP) is -17.6. The standard InChI is InChI=1S/6ClH.K.Pt/h6*1H;;/q;;;;;;+1;+4/p-5. The van der Waals surface area contributed by atoms with E-state index in [0.717, 1.165) is 0 Å². The molecule has 0 N–H and O–H groups in total. The molecule has 8 heavy (non-hydrogen) atoms. The van der Waals surface area contributed by atoms with Crippen LogP contribution >= 0.6 is 12.4 Å². The van der Waals surface area contributed by atoms with E-state index in [4.69, 9.17) is 0 Å². The minimum Gasteiger partial charge on any atom is -1.00 e. The van der Waals surface area contributed by atoms with Crippen LogP contribution in [0.4, 0.5) is 0 Å². The molecule has 0 aromatic heterocycles. The van der Waals surface area contributed by atoms with Crippen LogP contribution in [-0.2, 0) is 21.1 Å². The molecule has 0 bridgehead atoms. The molecular weight excluding hydrogens is 447 g/mol. The Morgan fingerprint density at radius 2 is 0.500 bits per heavy atom. The molecule has 0 radical (unpaired) electrons. The molecule has 0 saturated heterocycles. The van der Waals surface area contributed by atoms with Gasteiger partial charge in [0.25, 0.3) is 0 Å². The molecule has 0 heterocycles. The molecule has 8 heteroatoms. The molecule has 0 aliphatic heterocycles. The van der Waals surface area contributed by atoms with E-state index in [1.54, 1.807) is 0 Å². The van der Waals surface area contributed by atoms with Crippen molar-refractivity contribution in [3.05, 3.63) is 0 Å². The SMILES string of the molecule is Cl.[Cl-].[Cl-].[Cl-].[Cl-].[Cl-].[K+].[Pt+4]. The number of hydrogen-bond acceptors (Lipinski definition) is 0. The van der Waals surface area contributed by atoms with Crippen molar-refractivity contribution in [1.82, 2.24) is 0 Å². The Balaban J connectivity index is 0. The van der Waals surface area contributed by atoms with Crippen molar-refractivity contribution in [2.75, 3.05) is 0 Å². The molecule has 0 spiro atoms. The van der Waals surface area contributed by atoms with E-state index in [0.29, 0.717) is 0 Å². The first kappa shape index (κ1) is 89.4. The van der Waals surface area contributed by atoms with Crippen LogP contribution in [0.5, 0.6) is 0 Å². The summed E-state index contributed by atoms with van der Waals surface area (Å²) in [5.74, 6) is 0. The molecule has 0 unspecified atom stereocenters. The molecule has 0 atom stereocenters. The van der Waals surface area contributed by atoms with Crippen molar-refractivity contribution in [3.63, 3.8) is 0 Å². The summed E-state index contributed by atoms with van der Waals surface area (Å²) >= 11 is 0. The summed E-state index contributed by atoms with van der Waals surface area (Å²) < 4.78 is 0. The zero-order valence-electron chi connectivity index (χ0n) is 3.61. The zero-order valence-corrected chi connectivity index (χ0v) is 13.6. The van der Waals surface area contributed by atoms with E-state index in [9.17, 15) is 0 Å². The Bertz CT molecular complexity index is 8.49. The average Bonchev–Trinajstić information content (AvgIpc) is 0. The fourth-order valence-corrected chi connectivity index (χ4v) is 0. The van der Waals surface area contributed by atoms with E-state index in [1.807, 2.05) is 0 Å². The van der Waals surface area contributed by atoms with E-state index in [-0.39, 0.29) is 147 Å². The minimum atomic E-state index is 0. The molecule has 0 aliphatic carbocycles. The summed E-state index contributed by atoms with van der Waals surface area (Å²) in [6.45, 7) is 0. The van der Waals surface area contributed by atoms with Crippen LogP contribution in [0.2, 0.25) is 0 Å². The van der Waals surface area contributed by atoms with Crippen LogP contribution in [0.1, 0.15) is 0 Å². The quantitative estimate of drug-likeness (QED) is 0.324. The largest absolute Gasteiger partial charge is 4.00 e. The second-order valence-corrected chi connectivity index (χ2v) is 0. The fourth-order valence-electron chi connectivity index (χ4n) is 0. The van der Waals surface area contributed by atoms with Gasteiger partial charge in [0, 0.05) is 0 Å². The van der Waals surface area contributed by atoms with Gasteiger partial charge in [-0.2, -0.15) is 0 Å². The van der Waals surface area contributed by atoms with Gasteiger partial charge in [0.15, 0.2) is 0 Å². The van der Waals surface area contributed by atoms with E-state index in [2.05, 4.69) is 0 Å². The zero-order chi connectivity index (χ0) is 0. The first-order valence-electron chi connectivity index (χ1n) is 0. The Morgan fingerprint density at radius 1 is 0.500 bits per heavy atom. The maximum atomic E-state index is 0. The third-order valence-corrected chi connectivity index (χ3v) is 0. The van der Waals surface area contributed by atoms with Crippen molar-refractivity contribution in [3.8, 4) is 0 Å². The van der Waals surface area contributed by atoms with Crippen LogP contribution in [0.15, 0.2) is 0 Å². The number of rotatable bonds is 0.